The third kappa shape index (κ3) is 2.76. The van der Waals surface area contributed by atoms with Gasteiger partial charge in [-0.05, 0) is 31.4 Å². The van der Waals surface area contributed by atoms with Gasteiger partial charge in [0.05, 0.1) is 5.92 Å². The fraction of sp³-hybridized carbons (Fsp3) is 0.467. The average molecular weight is 276 g/mol. The zero-order chi connectivity index (χ0) is 14.8. The van der Waals surface area contributed by atoms with Gasteiger partial charge >= 0.3 is 5.97 Å². The summed E-state index contributed by atoms with van der Waals surface area (Å²) < 4.78 is 0. The van der Waals surface area contributed by atoms with E-state index in [0.717, 1.165) is 11.3 Å². The maximum atomic E-state index is 12.3. The van der Waals surface area contributed by atoms with E-state index in [-0.39, 0.29) is 11.8 Å². The number of hydrogen-bond donors (Lipinski definition) is 3. The molecule has 0 saturated carbocycles. The fourth-order valence-corrected chi connectivity index (χ4v) is 2.29. The van der Waals surface area contributed by atoms with Gasteiger partial charge in [0.1, 0.15) is 5.54 Å². The molecule has 0 aliphatic carbocycles. The van der Waals surface area contributed by atoms with Gasteiger partial charge < -0.3 is 15.7 Å². The molecule has 1 aromatic rings. The molecule has 5 nitrogen and oxygen atoms in total. The molecule has 5 heteroatoms. The Morgan fingerprint density at radius 1 is 1.45 bits per heavy atom. The molecule has 1 amide bonds. The molecule has 0 bridgehead atoms. The van der Waals surface area contributed by atoms with E-state index in [1.165, 1.54) is 6.92 Å². The van der Waals surface area contributed by atoms with Gasteiger partial charge in [-0.25, -0.2) is 4.79 Å². The molecule has 3 N–H and O–H groups in total. The number of fused-ring (bicyclic) bond motifs is 1. The number of para-hydroxylation sites is 1. The highest BCUT2D eigenvalue weighted by atomic mass is 16.4. The standard InChI is InChI=1S/C15H20N2O3/c1-3-15(2,14(19)20)17-13(18)11-8-10-6-4-5-7-12(10)16-9-11/h4-7,11,16H,3,8-9H2,1-2H3,(H,17,18)(H,19,20). The maximum Gasteiger partial charge on any atom is 0.329 e. The summed E-state index contributed by atoms with van der Waals surface area (Å²) >= 11 is 0. The Labute approximate surface area is 118 Å². The van der Waals surface area contributed by atoms with Crippen molar-refractivity contribution in [1.82, 2.24) is 5.32 Å². The van der Waals surface area contributed by atoms with E-state index in [1.807, 2.05) is 24.3 Å². The van der Waals surface area contributed by atoms with E-state index in [1.54, 1.807) is 6.92 Å². The summed E-state index contributed by atoms with van der Waals surface area (Å²) in [5.41, 5.74) is 0.939. The normalized spacial score (nSPS) is 20.2. The van der Waals surface area contributed by atoms with Crippen molar-refractivity contribution in [2.75, 3.05) is 11.9 Å². The smallest absolute Gasteiger partial charge is 0.329 e. The minimum atomic E-state index is -1.20. The second kappa shape index (κ2) is 5.53. The number of anilines is 1. The minimum absolute atomic E-state index is 0.209. The molecule has 0 fully saturated rings. The number of amides is 1. The van der Waals surface area contributed by atoms with E-state index >= 15 is 0 Å². The Balaban J connectivity index is 2.07. The van der Waals surface area contributed by atoms with Crippen molar-refractivity contribution in [3.05, 3.63) is 29.8 Å². The number of carboxylic acid groups (broad SMARTS) is 1. The third-order valence-electron chi connectivity index (χ3n) is 3.97. The molecule has 0 spiro atoms. The van der Waals surface area contributed by atoms with Crippen LogP contribution in [0.5, 0.6) is 0 Å². The van der Waals surface area contributed by atoms with Crippen LogP contribution in [0.4, 0.5) is 5.69 Å². The van der Waals surface area contributed by atoms with Crippen LogP contribution >= 0.6 is 0 Å². The van der Waals surface area contributed by atoms with Gasteiger partial charge in [-0.1, -0.05) is 25.1 Å². The highest BCUT2D eigenvalue weighted by Gasteiger charge is 2.35. The van der Waals surface area contributed by atoms with Crippen molar-refractivity contribution in [1.29, 1.82) is 0 Å². The molecular weight excluding hydrogens is 256 g/mol. The van der Waals surface area contributed by atoms with E-state index < -0.39 is 11.5 Å². The Kier molecular flexibility index (Phi) is 3.97. The highest BCUT2D eigenvalue weighted by Crippen LogP contribution is 2.25. The molecule has 1 aromatic carbocycles. The zero-order valence-electron chi connectivity index (χ0n) is 11.8. The van der Waals surface area contributed by atoms with Crippen LogP contribution in [0.1, 0.15) is 25.8 Å². The maximum absolute atomic E-state index is 12.3. The van der Waals surface area contributed by atoms with Gasteiger partial charge in [-0.2, -0.15) is 0 Å². The Morgan fingerprint density at radius 3 is 2.80 bits per heavy atom. The minimum Gasteiger partial charge on any atom is -0.480 e. The average Bonchev–Trinajstić information content (AvgIpc) is 2.46. The lowest BCUT2D eigenvalue weighted by molar-refractivity contribution is -0.147. The van der Waals surface area contributed by atoms with E-state index in [0.29, 0.717) is 19.4 Å². The van der Waals surface area contributed by atoms with Crippen LogP contribution in [0, 0.1) is 5.92 Å². The lowest BCUT2D eigenvalue weighted by atomic mass is 9.91. The third-order valence-corrected chi connectivity index (χ3v) is 3.97. The van der Waals surface area contributed by atoms with Crippen molar-refractivity contribution >= 4 is 17.6 Å². The largest absolute Gasteiger partial charge is 0.480 e. The predicted molar refractivity (Wildman–Crippen MR) is 76.6 cm³/mol. The summed E-state index contributed by atoms with van der Waals surface area (Å²) in [6.45, 7) is 3.82. The van der Waals surface area contributed by atoms with Crippen LogP contribution in [-0.4, -0.2) is 29.1 Å². The molecule has 20 heavy (non-hydrogen) atoms. The number of carbonyl (C=O) groups excluding carboxylic acids is 1. The number of aliphatic carboxylic acids is 1. The molecule has 2 unspecified atom stereocenters. The first kappa shape index (κ1) is 14.4. The molecule has 1 aliphatic heterocycles. The quantitative estimate of drug-likeness (QED) is 0.781. The van der Waals surface area contributed by atoms with Crippen LogP contribution in [-0.2, 0) is 16.0 Å². The second-order valence-electron chi connectivity index (χ2n) is 5.42. The number of benzene rings is 1. The monoisotopic (exact) mass is 276 g/mol. The van der Waals surface area contributed by atoms with Gasteiger partial charge in [0.25, 0.3) is 0 Å². The van der Waals surface area contributed by atoms with E-state index in [2.05, 4.69) is 10.6 Å². The van der Waals surface area contributed by atoms with Crippen molar-refractivity contribution in [2.24, 2.45) is 5.92 Å². The molecule has 0 radical (unpaired) electrons. The molecule has 108 valence electrons. The topological polar surface area (TPSA) is 78.4 Å². The van der Waals surface area contributed by atoms with Crippen LogP contribution in [0.25, 0.3) is 0 Å². The number of rotatable bonds is 4. The van der Waals surface area contributed by atoms with E-state index in [9.17, 15) is 14.7 Å². The number of carboxylic acids is 1. The Hall–Kier alpha value is -2.04. The fourth-order valence-electron chi connectivity index (χ4n) is 2.29. The predicted octanol–water partition coefficient (Wildman–Crippen LogP) is 1.64. The first-order chi connectivity index (χ1) is 9.46. The van der Waals surface area contributed by atoms with Crippen molar-refractivity contribution in [3.8, 4) is 0 Å². The molecule has 0 saturated heterocycles. The van der Waals surface area contributed by atoms with E-state index in [4.69, 9.17) is 0 Å². The van der Waals surface area contributed by atoms with Crippen LogP contribution in [0.15, 0.2) is 24.3 Å². The van der Waals surface area contributed by atoms with Crippen molar-refractivity contribution < 1.29 is 14.7 Å². The van der Waals surface area contributed by atoms with Gasteiger partial charge in [0, 0.05) is 12.2 Å². The summed E-state index contributed by atoms with van der Waals surface area (Å²) in [5.74, 6) is -1.45. The highest BCUT2D eigenvalue weighted by molar-refractivity contribution is 5.88. The molecule has 0 aromatic heterocycles. The second-order valence-corrected chi connectivity index (χ2v) is 5.42. The van der Waals surface area contributed by atoms with Crippen LogP contribution < -0.4 is 10.6 Å². The molecule has 2 rings (SSSR count). The SMILES string of the molecule is CCC(C)(NC(=O)C1CNc2ccccc2C1)C(=O)O. The summed E-state index contributed by atoms with van der Waals surface area (Å²) in [6.07, 6.45) is 0.985. The lowest BCUT2D eigenvalue weighted by Gasteiger charge is -2.30. The number of carbonyl (C=O) groups is 2. The van der Waals surface area contributed by atoms with Crippen molar-refractivity contribution in [2.45, 2.75) is 32.2 Å². The number of nitrogens with one attached hydrogen (secondary N) is 2. The van der Waals surface area contributed by atoms with Crippen LogP contribution in [0.2, 0.25) is 0 Å². The molecular formula is C15H20N2O3. The van der Waals surface area contributed by atoms with Gasteiger partial charge in [-0.15, -0.1) is 0 Å². The summed E-state index contributed by atoms with van der Waals surface area (Å²) in [5, 5.41) is 15.1. The first-order valence-corrected chi connectivity index (χ1v) is 6.83. The Morgan fingerprint density at radius 2 is 2.15 bits per heavy atom. The molecule has 2 atom stereocenters. The Bertz CT molecular complexity index is 530. The summed E-state index contributed by atoms with van der Waals surface area (Å²) in [7, 11) is 0. The summed E-state index contributed by atoms with van der Waals surface area (Å²) in [4.78, 5) is 23.5. The molecule has 1 aliphatic rings. The summed E-state index contributed by atoms with van der Waals surface area (Å²) in [6, 6.07) is 7.86. The first-order valence-electron chi connectivity index (χ1n) is 6.83. The van der Waals surface area contributed by atoms with Crippen LogP contribution in [0.3, 0.4) is 0 Å². The van der Waals surface area contributed by atoms with Gasteiger partial charge in [0.2, 0.25) is 5.91 Å². The lowest BCUT2D eigenvalue weighted by Crippen LogP contribution is -2.54. The van der Waals surface area contributed by atoms with Gasteiger partial charge in [0.15, 0.2) is 0 Å². The number of hydrogen-bond acceptors (Lipinski definition) is 3. The molecule has 1 heterocycles. The van der Waals surface area contributed by atoms with Crippen molar-refractivity contribution in [3.63, 3.8) is 0 Å². The zero-order valence-corrected chi connectivity index (χ0v) is 11.8. The van der Waals surface area contributed by atoms with Gasteiger partial charge in [-0.3, -0.25) is 4.79 Å².